The van der Waals surface area contributed by atoms with Gasteiger partial charge in [-0.15, -0.1) is 6.58 Å². The Balaban J connectivity index is 2.97. The van der Waals surface area contributed by atoms with Crippen LogP contribution in [0.15, 0.2) is 30.9 Å². The van der Waals surface area contributed by atoms with Gasteiger partial charge in [-0.1, -0.05) is 40.5 Å². The standard InChI is InChI=1S/C12H13BrClF/c1-3-12(2,8-13)7-9-6-10(14)4-5-11(9)15/h3-6H,1,7-8H2,2H3. The second-order valence-corrected chi connectivity index (χ2v) is 4.90. The van der Waals surface area contributed by atoms with Gasteiger partial charge in [0.15, 0.2) is 0 Å². The summed E-state index contributed by atoms with van der Waals surface area (Å²) >= 11 is 9.23. The largest absolute Gasteiger partial charge is 0.207 e. The molecule has 0 aliphatic rings. The molecule has 0 heterocycles. The van der Waals surface area contributed by atoms with Gasteiger partial charge in [-0.25, -0.2) is 4.39 Å². The van der Waals surface area contributed by atoms with Gasteiger partial charge >= 0.3 is 0 Å². The van der Waals surface area contributed by atoms with E-state index in [-0.39, 0.29) is 11.2 Å². The number of benzene rings is 1. The minimum Gasteiger partial charge on any atom is -0.207 e. The van der Waals surface area contributed by atoms with Crippen molar-refractivity contribution in [3.63, 3.8) is 0 Å². The lowest BCUT2D eigenvalue weighted by Gasteiger charge is -2.23. The second kappa shape index (κ2) is 5.13. The summed E-state index contributed by atoms with van der Waals surface area (Å²) in [5.41, 5.74) is 0.482. The molecule has 1 unspecified atom stereocenters. The first-order valence-corrected chi connectivity index (χ1v) is 6.14. The highest BCUT2D eigenvalue weighted by atomic mass is 79.9. The van der Waals surface area contributed by atoms with Crippen molar-refractivity contribution in [2.24, 2.45) is 5.41 Å². The van der Waals surface area contributed by atoms with Crippen LogP contribution in [0, 0.1) is 11.2 Å². The van der Waals surface area contributed by atoms with Gasteiger partial charge in [0.1, 0.15) is 5.82 Å². The molecular formula is C12H13BrClF. The number of alkyl halides is 1. The molecule has 0 spiro atoms. The molecule has 0 saturated carbocycles. The van der Waals surface area contributed by atoms with Crippen molar-refractivity contribution in [2.75, 3.05) is 5.33 Å². The third kappa shape index (κ3) is 3.32. The third-order valence-corrected chi connectivity index (χ3v) is 3.92. The van der Waals surface area contributed by atoms with E-state index in [1.807, 2.05) is 13.0 Å². The van der Waals surface area contributed by atoms with Gasteiger partial charge < -0.3 is 0 Å². The van der Waals surface area contributed by atoms with Gasteiger partial charge in [-0.05, 0) is 35.6 Å². The van der Waals surface area contributed by atoms with Crippen LogP contribution in [0.1, 0.15) is 12.5 Å². The Morgan fingerprint density at radius 2 is 2.27 bits per heavy atom. The lowest BCUT2D eigenvalue weighted by molar-refractivity contribution is 0.476. The highest BCUT2D eigenvalue weighted by Crippen LogP contribution is 2.28. The van der Waals surface area contributed by atoms with Crippen molar-refractivity contribution >= 4 is 27.5 Å². The van der Waals surface area contributed by atoms with Crippen LogP contribution in [0.3, 0.4) is 0 Å². The van der Waals surface area contributed by atoms with Gasteiger partial charge in [-0.3, -0.25) is 0 Å². The molecule has 0 nitrogen and oxygen atoms in total. The van der Waals surface area contributed by atoms with E-state index in [4.69, 9.17) is 11.6 Å². The van der Waals surface area contributed by atoms with Crippen molar-refractivity contribution in [1.82, 2.24) is 0 Å². The van der Waals surface area contributed by atoms with Crippen LogP contribution in [0.5, 0.6) is 0 Å². The van der Waals surface area contributed by atoms with Crippen LogP contribution >= 0.6 is 27.5 Å². The molecule has 0 bridgehead atoms. The Morgan fingerprint density at radius 3 is 2.80 bits per heavy atom. The van der Waals surface area contributed by atoms with Crippen molar-refractivity contribution in [2.45, 2.75) is 13.3 Å². The number of hydrogen-bond donors (Lipinski definition) is 0. The van der Waals surface area contributed by atoms with Gasteiger partial charge in [-0.2, -0.15) is 0 Å². The summed E-state index contributed by atoms with van der Waals surface area (Å²) in [5.74, 6) is -0.214. The third-order valence-electron chi connectivity index (χ3n) is 2.40. The molecule has 3 heteroatoms. The molecule has 0 fully saturated rings. The molecule has 0 radical (unpaired) electrons. The van der Waals surface area contributed by atoms with E-state index in [0.717, 1.165) is 5.33 Å². The van der Waals surface area contributed by atoms with Crippen LogP contribution < -0.4 is 0 Å². The normalized spacial score (nSPS) is 14.7. The molecule has 0 aromatic heterocycles. The fourth-order valence-electron chi connectivity index (χ4n) is 1.29. The summed E-state index contributed by atoms with van der Waals surface area (Å²) in [6.45, 7) is 5.79. The number of rotatable bonds is 4. The van der Waals surface area contributed by atoms with Crippen molar-refractivity contribution in [3.05, 3.63) is 47.3 Å². The van der Waals surface area contributed by atoms with Gasteiger partial charge in [0.2, 0.25) is 0 Å². The predicted molar refractivity (Wildman–Crippen MR) is 67.2 cm³/mol. The smallest absolute Gasteiger partial charge is 0.126 e. The zero-order valence-corrected chi connectivity index (χ0v) is 10.9. The molecule has 0 aliphatic carbocycles. The first-order valence-electron chi connectivity index (χ1n) is 4.64. The summed E-state index contributed by atoms with van der Waals surface area (Å²) in [6, 6.07) is 4.62. The van der Waals surface area contributed by atoms with Crippen LogP contribution in [0.4, 0.5) is 4.39 Å². The van der Waals surface area contributed by atoms with Crippen molar-refractivity contribution < 1.29 is 4.39 Å². The Labute approximate surface area is 103 Å². The zero-order valence-electron chi connectivity index (χ0n) is 8.56. The lowest BCUT2D eigenvalue weighted by atomic mass is 9.86. The van der Waals surface area contributed by atoms with Crippen molar-refractivity contribution in [3.8, 4) is 0 Å². The molecule has 0 saturated heterocycles. The fraction of sp³-hybridized carbons (Fsp3) is 0.333. The van der Waals surface area contributed by atoms with E-state index < -0.39 is 0 Å². The summed E-state index contributed by atoms with van der Waals surface area (Å²) < 4.78 is 13.5. The van der Waals surface area contributed by atoms with E-state index in [1.165, 1.54) is 6.07 Å². The lowest BCUT2D eigenvalue weighted by Crippen LogP contribution is -2.18. The summed E-state index contributed by atoms with van der Waals surface area (Å²) in [4.78, 5) is 0. The molecule has 0 N–H and O–H groups in total. The quantitative estimate of drug-likeness (QED) is 0.561. The molecule has 1 rings (SSSR count). The Morgan fingerprint density at radius 1 is 1.60 bits per heavy atom. The van der Waals surface area contributed by atoms with Gasteiger partial charge in [0.05, 0.1) is 0 Å². The fourth-order valence-corrected chi connectivity index (χ4v) is 1.91. The number of allylic oxidation sites excluding steroid dienone is 1. The predicted octanol–water partition coefficient (Wildman–Crippen LogP) is 4.61. The number of hydrogen-bond acceptors (Lipinski definition) is 0. The van der Waals surface area contributed by atoms with Crippen LogP contribution in [-0.2, 0) is 6.42 Å². The summed E-state index contributed by atoms with van der Waals surface area (Å²) in [5, 5.41) is 1.31. The minimum atomic E-state index is -0.214. The van der Waals surface area contributed by atoms with Crippen molar-refractivity contribution in [1.29, 1.82) is 0 Å². The Bertz CT molecular complexity index is 365. The first kappa shape index (κ1) is 12.7. The minimum absolute atomic E-state index is 0.147. The van der Waals surface area contributed by atoms with Crippen LogP contribution in [0.25, 0.3) is 0 Å². The number of halogens is 3. The Hall–Kier alpha value is -0.340. The molecule has 0 amide bonds. The maximum atomic E-state index is 13.5. The molecule has 15 heavy (non-hydrogen) atoms. The topological polar surface area (TPSA) is 0 Å². The maximum Gasteiger partial charge on any atom is 0.126 e. The first-order chi connectivity index (χ1) is 7.00. The molecule has 1 atom stereocenters. The summed E-state index contributed by atoms with van der Waals surface area (Å²) in [6.07, 6.45) is 2.43. The maximum absolute atomic E-state index is 13.5. The van der Waals surface area contributed by atoms with E-state index in [0.29, 0.717) is 17.0 Å². The van der Waals surface area contributed by atoms with Crippen LogP contribution in [-0.4, -0.2) is 5.33 Å². The molecule has 82 valence electrons. The van der Waals surface area contributed by atoms with E-state index in [2.05, 4.69) is 22.5 Å². The molecule has 1 aromatic carbocycles. The van der Waals surface area contributed by atoms with E-state index >= 15 is 0 Å². The van der Waals surface area contributed by atoms with E-state index in [1.54, 1.807) is 12.1 Å². The molecular weight excluding hydrogens is 278 g/mol. The highest BCUT2D eigenvalue weighted by molar-refractivity contribution is 9.09. The SMILES string of the molecule is C=CC(C)(CBr)Cc1cc(Cl)ccc1F. The monoisotopic (exact) mass is 290 g/mol. The van der Waals surface area contributed by atoms with Gasteiger partial charge in [0, 0.05) is 10.4 Å². The average molecular weight is 292 g/mol. The summed E-state index contributed by atoms with van der Waals surface area (Å²) in [7, 11) is 0. The Kier molecular flexibility index (Phi) is 4.35. The second-order valence-electron chi connectivity index (χ2n) is 3.90. The highest BCUT2D eigenvalue weighted by Gasteiger charge is 2.21. The van der Waals surface area contributed by atoms with Gasteiger partial charge in [0.25, 0.3) is 0 Å². The molecule has 0 aliphatic heterocycles. The van der Waals surface area contributed by atoms with Crippen LogP contribution in [0.2, 0.25) is 5.02 Å². The zero-order chi connectivity index (χ0) is 11.5. The van der Waals surface area contributed by atoms with E-state index in [9.17, 15) is 4.39 Å². The molecule has 1 aromatic rings. The average Bonchev–Trinajstić information content (AvgIpc) is 2.23.